The minimum atomic E-state index is -3.87. The first kappa shape index (κ1) is 18.6. The van der Waals surface area contributed by atoms with Crippen LogP contribution in [0.3, 0.4) is 0 Å². The quantitative estimate of drug-likeness (QED) is 0.709. The van der Waals surface area contributed by atoms with Crippen molar-refractivity contribution in [2.75, 3.05) is 11.9 Å². The second kappa shape index (κ2) is 7.91. The Morgan fingerprint density at radius 1 is 1.04 bits per heavy atom. The molecule has 4 N–H and O–H groups in total. The molecule has 0 aliphatic carbocycles. The van der Waals surface area contributed by atoms with E-state index in [-0.39, 0.29) is 29.5 Å². The number of sulfonamides is 1. The van der Waals surface area contributed by atoms with Crippen LogP contribution in [0, 0.1) is 6.92 Å². The Bertz CT molecular complexity index is 880. The maximum atomic E-state index is 11.9. The van der Waals surface area contributed by atoms with Gasteiger partial charge in [0.15, 0.2) is 0 Å². The highest BCUT2D eigenvalue weighted by Gasteiger charge is 2.13. The van der Waals surface area contributed by atoms with E-state index in [0.29, 0.717) is 5.56 Å². The van der Waals surface area contributed by atoms with Crippen LogP contribution in [0.5, 0.6) is 0 Å². The summed E-state index contributed by atoms with van der Waals surface area (Å²) in [5.74, 6) is -0.749. The minimum absolute atomic E-state index is 0.0570. The molecule has 2 aromatic carbocycles. The molecule has 2 amide bonds. The van der Waals surface area contributed by atoms with Crippen LogP contribution in [0.25, 0.3) is 0 Å². The third kappa shape index (κ3) is 5.70. The lowest BCUT2D eigenvalue weighted by molar-refractivity contribution is -0.123. The lowest BCUT2D eigenvalue weighted by Crippen LogP contribution is -2.33. The average Bonchev–Trinajstić information content (AvgIpc) is 2.55. The van der Waals surface area contributed by atoms with Gasteiger partial charge in [0, 0.05) is 5.69 Å². The fourth-order valence-electron chi connectivity index (χ4n) is 2.21. The number of carbonyl (C=O) groups excluding carboxylic acids is 2. The number of hydrogen-bond donors (Lipinski definition) is 3. The summed E-state index contributed by atoms with van der Waals surface area (Å²) in [6.07, 6.45) is 0.175. The molecule has 0 unspecified atom stereocenters. The van der Waals surface area contributed by atoms with Crippen LogP contribution >= 0.6 is 0 Å². The van der Waals surface area contributed by atoms with Gasteiger partial charge in [0.25, 0.3) is 0 Å². The fraction of sp³-hybridized carbons (Fsp3) is 0.176. The van der Waals surface area contributed by atoms with Crippen molar-refractivity contribution >= 4 is 27.5 Å². The van der Waals surface area contributed by atoms with Gasteiger partial charge in [0.1, 0.15) is 0 Å². The number of benzene rings is 2. The lowest BCUT2D eigenvalue weighted by atomic mass is 10.1. The van der Waals surface area contributed by atoms with Crippen LogP contribution < -0.4 is 15.8 Å². The molecule has 0 fully saturated rings. The van der Waals surface area contributed by atoms with Crippen LogP contribution in [0.1, 0.15) is 11.1 Å². The van der Waals surface area contributed by atoms with Crippen LogP contribution in [0.4, 0.5) is 5.69 Å². The number of nitrogens with one attached hydrogen (secondary N) is 2. The summed E-state index contributed by atoms with van der Waals surface area (Å²) in [6.45, 7) is 1.39. The molecule has 132 valence electrons. The van der Waals surface area contributed by atoms with E-state index in [1.165, 1.54) is 6.07 Å². The van der Waals surface area contributed by atoms with Gasteiger partial charge in [-0.2, -0.15) is 0 Å². The van der Waals surface area contributed by atoms with E-state index in [2.05, 4.69) is 10.6 Å². The minimum Gasteiger partial charge on any atom is -0.347 e. The lowest BCUT2D eigenvalue weighted by Gasteiger charge is -2.10. The Labute approximate surface area is 146 Å². The third-order valence-electron chi connectivity index (χ3n) is 3.43. The number of rotatable bonds is 6. The van der Waals surface area contributed by atoms with Crippen LogP contribution in [-0.2, 0) is 26.0 Å². The number of amides is 2. The maximum Gasteiger partial charge on any atom is 0.243 e. The second-order valence-electron chi connectivity index (χ2n) is 5.51. The molecule has 7 nitrogen and oxygen atoms in total. The van der Waals surface area contributed by atoms with Crippen molar-refractivity contribution in [1.82, 2.24) is 5.32 Å². The Hall–Kier alpha value is -2.71. The highest BCUT2D eigenvalue weighted by atomic mass is 32.2. The number of aryl methyl sites for hydroxylation is 1. The molecule has 0 bridgehead atoms. The summed E-state index contributed by atoms with van der Waals surface area (Å²) < 4.78 is 23.0. The summed E-state index contributed by atoms with van der Waals surface area (Å²) in [5.41, 5.74) is 1.62. The Morgan fingerprint density at radius 3 is 2.36 bits per heavy atom. The number of carbonyl (C=O) groups is 2. The van der Waals surface area contributed by atoms with Gasteiger partial charge in [-0.25, -0.2) is 13.6 Å². The van der Waals surface area contributed by atoms with Crippen LogP contribution in [0.2, 0.25) is 0 Å². The SMILES string of the molecule is Cc1ccc(NC(=O)CNC(=O)Cc2ccccc2)cc1S(N)(=O)=O. The molecule has 0 saturated heterocycles. The molecule has 0 aliphatic heterocycles. The molecule has 0 aliphatic rings. The smallest absolute Gasteiger partial charge is 0.243 e. The van der Waals surface area contributed by atoms with E-state index < -0.39 is 15.9 Å². The first-order valence-corrected chi connectivity index (χ1v) is 9.04. The molecule has 2 aromatic rings. The number of hydrogen-bond acceptors (Lipinski definition) is 4. The van der Waals surface area contributed by atoms with Gasteiger partial charge in [0.2, 0.25) is 21.8 Å². The summed E-state index contributed by atoms with van der Waals surface area (Å²) in [6, 6.07) is 13.5. The Morgan fingerprint density at radius 2 is 1.72 bits per heavy atom. The molecule has 0 radical (unpaired) electrons. The maximum absolute atomic E-state index is 11.9. The van der Waals surface area contributed by atoms with E-state index in [1.807, 2.05) is 30.3 Å². The van der Waals surface area contributed by atoms with E-state index in [4.69, 9.17) is 5.14 Å². The third-order valence-corrected chi connectivity index (χ3v) is 4.48. The molecule has 8 heteroatoms. The van der Waals surface area contributed by atoms with Crippen molar-refractivity contribution in [3.05, 3.63) is 59.7 Å². The van der Waals surface area contributed by atoms with Gasteiger partial charge in [-0.1, -0.05) is 36.4 Å². The molecule has 25 heavy (non-hydrogen) atoms. The fourth-order valence-corrected chi connectivity index (χ4v) is 3.02. The largest absolute Gasteiger partial charge is 0.347 e. The predicted molar refractivity (Wildman–Crippen MR) is 94.3 cm³/mol. The van der Waals surface area contributed by atoms with Gasteiger partial charge in [-0.15, -0.1) is 0 Å². The summed E-state index contributed by atoms with van der Waals surface area (Å²) in [7, 11) is -3.87. The number of nitrogens with two attached hydrogens (primary N) is 1. The molecular weight excluding hydrogens is 342 g/mol. The van der Waals surface area contributed by atoms with Gasteiger partial charge >= 0.3 is 0 Å². The van der Waals surface area contributed by atoms with Gasteiger partial charge < -0.3 is 10.6 Å². The van der Waals surface area contributed by atoms with Crippen molar-refractivity contribution in [2.24, 2.45) is 5.14 Å². The van der Waals surface area contributed by atoms with Crippen LogP contribution in [0.15, 0.2) is 53.4 Å². The zero-order valence-electron chi connectivity index (χ0n) is 13.7. The molecular formula is C17H19N3O4S. The molecule has 0 heterocycles. The van der Waals surface area contributed by atoms with Crippen molar-refractivity contribution in [3.8, 4) is 0 Å². The first-order chi connectivity index (χ1) is 11.8. The van der Waals surface area contributed by atoms with E-state index in [1.54, 1.807) is 19.1 Å². The van der Waals surface area contributed by atoms with E-state index in [0.717, 1.165) is 5.56 Å². The Balaban J connectivity index is 1.91. The zero-order chi connectivity index (χ0) is 18.4. The normalized spacial score (nSPS) is 11.0. The zero-order valence-corrected chi connectivity index (χ0v) is 14.5. The Kier molecular flexibility index (Phi) is 5.89. The molecule has 0 saturated carbocycles. The first-order valence-electron chi connectivity index (χ1n) is 7.49. The van der Waals surface area contributed by atoms with Crippen molar-refractivity contribution in [2.45, 2.75) is 18.2 Å². The molecule has 2 rings (SSSR count). The highest BCUT2D eigenvalue weighted by Crippen LogP contribution is 2.18. The van der Waals surface area contributed by atoms with Gasteiger partial charge in [-0.3, -0.25) is 9.59 Å². The topological polar surface area (TPSA) is 118 Å². The summed E-state index contributed by atoms with van der Waals surface area (Å²) in [5, 5.41) is 10.2. The monoisotopic (exact) mass is 361 g/mol. The van der Waals surface area contributed by atoms with Crippen molar-refractivity contribution in [1.29, 1.82) is 0 Å². The standard InChI is InChI=1S/C17H19N3O4S/c1-12-7-8-14(10-15(12)25(18,23)24)20-17(22)11-19-16(21)9-13-5-3-2-4-6-13/h2-8,10H,9,11H2,1H3,(H,19,21)(H,20,22)(H2,18,23,24). The summed E-state index contributed by atoms with van der Waals surface area (Å²) in [4.78, 5) is 23.7. The van der Waals surface area contributed by atoms with Gasteiger partial charge in [-0.05, 0) is 30.2 Å². The number of anilines is 1. The molecule has 0 spiro atoms. The second-order valence-corrected chi connectivity index (χ2v) is 7.04. The predicted octanol–water partition coefficient (Wildman–Crippen LogP) is 0.940. The highest BCUT2D eigenvalue weighted by molar-refractivity contribution is 7.89. The van der Waals surface area contributed by atoms with E-state index >= 15 is 0 Å². The molecule has 0 atom stereocenters. The molecule has 0 aromatic heterocycles. The van der Waals surface area contributed by atoms with Crippen LogP contribution in [-0.4, -0.2) is 26.8 Å². The average molecular weight is 361 g/mol. The van der Waals surface area contributed by atoms with Gasteiger partial charge in [0.05, 0.1) is 17.9 Å². The number of primary sulfonamides is 1. The summed E-state index contributed by atoms with van der Waals surface area (Å²) >= 11 is 0. The van der Waals surface area contributed by atoms with Crippen molar-refractivity contribution in [3.63, 3.8) is 0 Å². The van der Waals surface area contributed by atoms with Crippen molar-refractivity contribution < 1.29 is 18.0 Å². The van der Waals surface area contributed by atoms with E-state index in [9.17, 15) is 18.0 Å².